The van der Waals surface area contributed by atoms with Crippen molar-refractivity contribution in [1.29, 1.82) is 0 Å². The molecular formula is C28H28N2O3. The van der Waals surface area contributed by atoms with Gasteiger partial charge in [-0.25, -0.2) is 0 Å². The monoisotopic (exact) mass is 440 g/mol. The second-order valence-electron chi connectivity index (χ2n) is 8.22. The molecule has 0 unspecified atom stereocenters. The van der Waals surface area contributed by atoms with Gasteiger partial charge in [-0.3, -0.25) is 9.59 Å². The van der Waals surface area contributed by atoms with Crippen LogP contribution in [0, 0.1) is 0 Å². The number of rotatable bonds is 9. The van der Waals surface area contributed by atoms with Crippen molar-refractivity contribution < 1.29 is 14.3 Å². The minimum atomic E-state index is -0.0716. The van der Waals surface area contributed by atoms with Crippen LogP contribution >= 0.6 is 0 Å². The average Bonchev–Trinajstić information content (AvgIpc) is 3.20. The Hall–Kier alpha value is -3.86. The smallest absolute Gasteiger partial charge is 0.242 e. The Morgan fingerprint density at radius 3 is 2.21 bits per heavy atom. The second kappa shape index (κ2) is 10.2. The number of ether oxygens (including phenoxy) is 1. The lowest BCUT2D eigenvalue weighted by molar-refractivity contribution is -0.130. The van der Waals surface area contributed by atoms with Crippen molar-refractivity contribution in [3.63, 3.8) is 0 Å². The number of Topliss-reactive ketones (excluding diaryl/α,β-unsaturated/α-hetero) is 1. The van der Waals surface area contributed by atoms with Crippen LogP contribution in [0.4, 0.5) is 0 Å². The molecule has 0 bridgehead atoms. The molecule has 4 rings (SSSR count). The lowest BCUT2D eigenvalue weighted by atomic mass is 10.1. The zero-order valence-corrected chi connectivity index (χ0v) is 19.0. The van der Waals surface area contributed by atoms with Crippen LogP contribution in [-0.2, 0) is 24.4 Å². The van der Waals surface area contributed by atoms with Gasteiger partial charge < -0.3 is 14.2 Å². The van der Waals surface area contributed by atoms with Gasteiger partial charge in [0.15, 0.2) is 5.78 Å². The SMILES string of the molecule is CC(=O)c1cc2cc(OCc3ccccc3)ccc2n1CC(=O)N(C)CCc1ccccc1. The lowest BCUT2D eigenvalue weighted by Crippen LogP contribution is -2.32. The van der Waals surface area contributed by atoms with Gasteiger partial charge in [0.1, 0.15) is 18.9 Å². The molecule has 0 saturated carbocycles. The van der Waals surface area contributed by atoms with Gasteiger partial charge in [0.2, 0.25) is 5.91 Å². The minimum absolute atomic E-state index is 0.0321. The molecule has 33 heavy (non-hydrogen) atoms. The summed E-state index contributed by atoms with van der Waals surface area (Å²) in [5.41, 5.74) is 3.65. The largest absolute Gasteiger partial charge is 0.489 e. The zero-order chi connectivity index (χ0) is 23.2. The minimum Gasteiger partial charge on any atom is -0.489 e. The van der Waals surface area contributed by atoms with Gasteiger partial charge >= 0.3 is 0 Å². The van der Waals surface area contributed by atoms with Crippen LogP contribution in [-0.4, -0.2) is 34.7 Å². The van der Waals surface area contributed by atoms with E-state index in [0.717, 1.165) is 28.6 Å². The number of benzene rings is 3. The first-order valence-corrected chi connectivity index (χ1v) is 11.1. The summed E-state index contributed by atoms with van der Waals surface area (Å²) in [7, 11) is 1.81. The van der Waals surface area contributed by atoms with Gasteiger partial charge in [0.05, 0.1) is 5.69 Å². The fraction of sp³-hybridized carbons (Fsp3) is 0.214. The van der Waals surface area contributed by atoms with Gasteiger partial charge in [-0.05, 0) is 41.8 Å². The van der Waals surface area contributed by atoms with Crippen molar-refractivity contribution in [2.75, 3.05) is 13.6 Å². The van der Waals surface area contributed by atoms with Crippen molar-refractivity contribution in [1.82, 2.24) is 9.47 Å². The molecule has 0 fully saturated rings. The van der Waals surface area contributed by atoms with Gasteiger partial charge in [-0.15, -0.1) is 0 Å². The van der Waals surface area contributed by atoms with Crippen molar-refractivity contribution >= 4 is 22.6 Å². The summed E-state index contributed by atoms with van der Waals surface area (Å²) in [6, 6.07) is 27.6. The third-order valence-electron chi connectivity index (χ3n) is 5.78. The summed E-state index contributed by atoms with van der Waals surface area (Å²) < 4.78 is 7.74. The molecule has 5 heteroatoms. The maximum atomic E-state index is 12.9. The molecule has 0 aliphatic carbocycles. The van der Waals surface area contributed by atoms with E-state index in [-0.39, 0.29) is 18.2 Å². The number of carbonyl (C=O) groups excluding carboxylic acids is 2. The maximum Gasteiger partial charge on any atom is 0.242 e. The van der Waals surface area contributed by atoms with E-state index in [1.165, 1.54) is 12.5 Å². The predicted molar refractivity (Wildman–Crippen MR) is 130 cm³/mol. The molecule has 3 aromatic carbocycles. The number of carbonyl (C=O) groups is 2. The van der Waals surface area contributed by atoms with Gasteiger partial charge in [0.25, 0.3) is 0 Å². The molecule has 0 atom stereocenters. The maximum absolute atomic E-state index is 12.9. The van der Waals surface area contributed by atoms with E-state index in [4.69, 9.17) is 4.74 Å². The van der Waals surface area contributed by atoms with Crippen LogP contribution in [0.1, 0.15) is 28.5 Å². The van der Waals surface area contributed by atoms with Gasteiger partial charge in [-0.2, -0.15) is 0 Å². The summed E-state index contributed by atoms with van der Waals surface area (Å²) in [6.45, 7) is 2.74. The Labute approximate surface area is 194 Å². The number of nitrogens with zero attached hydrogens (tertiary/aromatic N) is 2. The lowest BCUT2D eigenvalue weighted by Gasteiger charge is -2.19. The van der Waals surface area contributed by atoms with Crippen molar-refractivity contribution in [3.8, 4) is 5.75 Å². The Balaban J connectivity index is 1.49. The van der Waals surface area contributed by atoms with E-state index in [0.29, 0.717) is 18.8 Å². The summed E-state index contributed by atoms with van der Waals surface area (Å²) in [5.74, 6) is 0.623. The number of ketones is 1. The van der Waals surface area contributed by atoms with Crippen LogP contribution in [0.5, 0.6) is 5.75 Å². The predicted octanol–water partition coefficient (Wildman–Crippen LogP) is 5.12. The molecule has 0 N–H and O–H groups in total. The molecule has 0 aliphatic heterocycles. The molecule has 1 heterocycles. The third-order valence-corrected chi connectivity index (χ3v) is 5.78. The molecular weight excluding hydrogens is 412 g/mol. The summed E-state index contributed by atoms with van der Waals surface area (Å²) >= 11 is 0. The zero-order valence-electron chi connectivity index (χ0n) is 19.0. The number of aromatic nitrogens is 1. The van der Waals surface area contributed by atoms with Crippen LogP contribution in [0.2, 0.25) is 0 Å². The molecule has 5 nitrogen and oxygen atoms in total. The molecule has 0 radical (unpaired) electrons. The molecule has 1 aromatic heterocycles. The summed E-state index contributed by atoms with van der Waals surface area (Å²) in [4.78, 5) is 27.0. The first-order valence-electron chi connectivity index (χ1n) is 11.1. The quantitative estimate of drug-likeness (QED) is 0.339. The second-order valence-corrected chi connectivity index (χ2v) is 8.22. The third kappa shape index (κ3) is 5.50. The number of fused-ring (bicyclic) bond motifs is 1. The Morgan fingerprint density at radius 2 is 1.55 bits per heavy atom. The molecule has 0 aliphatic rings. The molecule has 168 valence electrons. The molecule has 0 saturated heterocycles. The summed E-state index contributed by atoms with van der Waals surface area (Å²) in [6.07, 6.45) is 0.789. The van der Waals surface area contributed by atoms with Gasteiger partial charge in [-0.1, -0.05) is 60.7 Å². The Morgan fingerprint density at radius 1 is 0.879 bits per heavy atom. The number of likely N-dealkylation sites (N-methyl/N-ethyl adjacent to an activating group) is 1. The van der Waals surface area contributed by atoms with Crippen LogP contribution < -0.4 is 4.74 Å². The van der Waals surface area contributed by atoms with E-state index >= 15 is 0 Å². The van der Waals surface area contributed by atoms with Crippen molar-refractivity contribution in [2.24, 2.45) is 0 Å². The van der Waals surface area contributed by atoms with Crippen molar-refractivity contribution in [2.45, 2.75) is 26.5 Å². The van der Waals surface area contributed by atoms with Crippen LogP contribution in [0.15, 0.2) is 84.9 Å². The average molecular weight is 441 g/mol. The van der Waals surface area contributed by atoms with Crippen LogP contribution in [0.3, 0.4) is 0 Å². The topological polar surface area (TPSA) is 51.5 Å². The van der Waals surface area contributed by atoms with E-state index in [1.807, 2.05) is 72.8 Å². The normalized spacial score (nSPS) is 10.8. The number of amides is 1. The fourth-order valence-electron chi connectivity index (χ4n) is 3.86. The highest BCUT2D eigenvalue weighted by Crippen LogP contribution is 2.26. The highest BCUT2D eigenvalue weighted by atomic mass is 16.5. The van der Waals surface area contributed by atoms with Crippen molar-refractivity contribution in [3.05, 3.63) is 102 Å². The van der Waals surface area contributed by atoms with E-state index in [9.17, 15) is 9.59 Å². The highest BCUT2D eigenvalue weighted by molar-refractivity contribution is 5.99. The number of hydrogen-bond acceptors (Lipinski definition) is 3. The first-order chi connectivity index (χ1) is 16.0. The summed E-state index contributed by atoms with van der Waals surface area (Å²) in [5, 5.41) is 0.880. The van der Waals surface area contributed by atoms with E-state index in [2.05, 4.69) is 12.1 Å². The Bertz CT molecular complexity index is 1250. The highest BCUT2D eigenvalue weighted by Gasteiger charge is 2.18. The molecule has 0 spiro atoms. The first kappa shape index (κ1) is 22.3. The van der Waals surface area contributed by atoms with E-state index < -0.39 is 0 Å². The van der Waals surface area contributed by atoms with Gasteiger partial charge in [0, 0.05) is 31.4 Å². The Kier molecular flexibility index (Phi) is 6.89. The fourth-order valence-corrected chi connectivity index (χ4v) is 3.86. The molecule has 4 aromatic rings. The molecule has 1 amide bonds. The number of hydrogen-bond donors (Lipinski definition) is 0. The van der Waals surface area contributed by atoms with Crippen LogP contribution in [0.25, 0.3) is 10.9 Å². The standard InChI is InChI=1S/C28H28N2O3/c1-21(31)27-18-24-17-25(33-20-23-11-7-4-8-12-23)13-14-26(24)30(27)19-28(32)29(2)16-15-22-9-5-3-6-10-22/h3-14,17-18H,15-16,19-20H2,1-2H3. The van der Waals surface area contributed by atoms with E-state index in [1.54, 1.807) is 16.5 Å².